The summed E-state index contributed by atoms with van der Waals surface area (Å²) in [5, 5.41) is 0. The molecular weight excluding hydrogens is 322 g/mol. The number of esters is 2. The van der Waals surface area contributed by atoms with Gasteiger partial charge in [-0.1, -0.05) is 19.1 Å². The van der Waals surface area contributed by atoms with Gasteiger partial charge in [0.1, 0.15) is 0 Å². The van der Waals surface area contributed by atoms with Gasteiger partial charge in [0.05, 0.1) is 18.1 Å². The molecule has 0 atom stereocenters. The van der Waals surface area contributed by atoms with Crippen molar-refractivity contribution in [2.75, 3.05) is 13.2 Å². The van der Waals surface area contributed by atoms with Crippen LogP contribution in [-0.2, 0) is 35.5 Å². The first-order valence-corrected chi connectivity index (χ1v) is 8.78. The highest BCUT2D eigenvalue weighted by atomic mass is 32.2. The molecule has 7 nitrogen and oxygen atoms in total. The number of benzene rings is 1. The lowest BCUT2D eigenvalue weighted by Gasteiger charge is -2.16. The fraction of sp³-hybridized carbons (Fsp3) is 0.467. The van der Waals surface area contributed by atoms with Crippen molar-refractivity contribution in [3.8, 4) is 0 Å². The first kappa shape index (κ1) is 19.1. The minimum Gasteiger partial charge on any atom is -0.464 e. The Kier molecular flexibility index (Phi) is 7.18. The molecule has 0 bridgehead atoms. The summed E-state index contributed by atoms with van der Waals surface area (Å²) in [6.07, 6.45) is 0.766. The number of carbonyl (C=O) groups excluding carboxylic acids is 2. The number of carbonyl (C=O) groups is 2. The first-order chi connectivity index (χ1) is 10.9. The van der Waals surface area contributed by atoms with E-state index >= 15 is 0 Å². The molecule has 1 aromatic carbocycles. The molecule has 8 heteroatoms. The van der Waals surface area contributed by atoms with Gasteiger partial charge in [0.2, 0.25) is 16.1 Å². The molecule has 0 saturated carbocycles. The van der Waals surface area contributed by atoms with Crippen LogP contribution in [0, 0.1) is 0 Å². The number of sulfonamides is 1. The van der Waals surface area contributed by atoms with E-state index in [-0.39, 0.29) is 18.1 Å². The molecule has 0 aromatic heterocycles. The lowest BCUT2D eigenvalue weighted by molar-refractivity contribution is -0.157. The second kappa shape index (κ2) is 8.64. The highest BCUT2D eigenvalue weighted by molar-refractivity contribution is 7.89. The third-order valence-corrected chi connectivity index (χ3v) is 4.40. The zero-order valence-electron chi connectivity index (χ0n) is 13.4. The second-order valence-corrected chi connectivity index (χ2v) is 6.27. The number of nitrogens with one attached hydrogen (secondary N) is 1. The fourth-order valence-corrected chi connectivity index (χ4v) is 2.90. The molecule has 1 rings (SSSR count). The van der Waals surface area contributed by atoms with Gasteiger partial charge in [-0.2, -0.15) is 4.72 Å². The minimum atomic E-state index is -4.06. The van der Waals surface area contributed by atoms with E-state index < -0.39 is 28.0 Å². The van der Waals surface area contributed by atoms with E-state index in [2.05, 4.69) is 0 Å². The van der Waals surface area contributed by atoms with Crippen molar-refractivity contribution >= 4 is 22.0 Å². The Morgan fingerprint density at radius 1 is 1.00 bits per heavy atom. The summed E-state index contributed by atoms with van der Waals surface area (Å²) in [5.41, 5.74) is 0.969. The molecule has 0 aliphatic heterocycles. The SMILES string of the molecule is CCOC(=O)C(NS(=O)(=O)c1ccc(CC)cc1)C(=O)OCC. The third kappa shape index (κ3) is 5.33. The summed E-state index contributed by atoms with van der Waals surface area (Å²) in [6.45, 7) is 5.08. The van der Waals surface area contributed by atoms with Crippen LogP contribution in [-0.4, -0.2) is 39.6 Å². The highest BCUT2D eigenvalue weighted by Gasteiger charge is 2.34. The average molecular weight is 343 g/mol. The van der Waals surface area contributed by atoms with Gasteiger partial charge in [0.15, 0.2) is 0 Å². The van der Waals surface area contributed by atoms with Crippen LogP contribution in [0.25, 0.3) is 0 Å². The van der Waals surface area contributed by atoms with Gasteiger partial charge in [-0.05, 0) is 38.0 Å². The molecule has 1 aromatic rings. The van der Waals surface area contributed by atoms with Crippen LogP contribution in [0.5, 0.6) is 0 Å². The van der Waals surface area contributed by atoms with Gasteiger partial charge in [-0.15, -0.1) is 0 Å². The summed E-state index contributed by atoms with van der Waals surface area (Å²) >= 11 is 0. The maximum absolute atomic E-state index is 12.3. The van der Waals surface area contributed by atoms with Crippen LogP contribution >= 0.6 is 0 Å². The molecule has 23 heavy (non-hydrogen) atoms. The summed E-state index contributed by atoms with van der Waals surface area (Å²) < 4.78 is 36.2. The van der Waals surface area contributed by atoms with E-state index in [0.29, 0.717) is 0 Å². The van der Waals surface area contributed by atoms with Gasteiger partial charge < -0.3 is 9.47 Å². The number of rotatable bonds is 8. The second-order valence-electron chi connectivity index (χ2n) is 4.56. The van der Waals surface area contributed by atoms with Crippen molar-refractivity contribution in [1.82, 2.24) is 4.72 Å². The molecule has 0 spiro atoms. The number of aryl methyl sites for hydroxylation is 1. The van der Waals surface area contributed by atoms with Gasteiger partial charge in [0, 0.05) is 0 Å². The van der Waals surface area contributed by atoms with Crippen LogP contribution in [0.15, 0.2) is 29.2 Å². The lowest BCUT2D eigenvalue weighted by atomic mass is 10.2. The maximum atomic E-state index is 12.3. The van der Waals surface area contributed by atoms with Crippen molar-refractivity contribution in [1.29, 1.82) is 0 Å². The van der Waals surface area contributed by atoms with Crippen molar-refractivity contribution in [2.24, 2.45) is 0 Å². The molecule has 1 N–H and O–H groups in total. The Hall–Kier alpha value is -1.93. The van der Waals surface area contributed by atoms with Gasteiger partial charge >= 0.3 is 11.9 Å². The van der Waals surface area contributed by atoms with Crippen molar-refractivity contribution in [3.63, 3.8) is 0 Å². The molecule has 0 heterocycles. The summed E-state index contributed by atoms with van der Waals surface area (Å²) in [4.78, 5) is 23.6. The summed E-state index contributed by atoms with van der Waals surface area (Å²) in [6, 6.07) is 4.42. The van der Waals surface area contributed by atoms with Crippen LogP contribution in [0.2, 0.25) is 0 Å². The smallest absolute Gasteiger partial charge is 0.335 e. The van der Waals surface area contributed by atoms with Crippen molar-refractivity contribution in [2.45, 2.75) is 38.1 Å². The average Bonchev–Trinajstić information content (AvgIpc) is 2.53. The highest BCUT2D eigenvalue weighted by Crippen LogP contribution is 2.12. The van der Waals surface area contributed by atoms with Crippen LogP contribution < -0.4 is 4.72 Å². The van der Waals surface area contributed by atoms with E-state index in [4.69, 9.17) is 9.47 Å². The molecule has 0 radical (unpaired) electrons. The van der Waals surface area contributed by atoms with E-state index in [1.807, 2.05) is 11.6 Å². The zero-order chi connectivity index (χ0) is 17.5. The van der Waals surface area contributed by atoms with Crippen molar-refractivity contribution in [3.05, 3.63) is 29.8 Å². The zero-order valence-corrected chi connectivity index (χ0v) is 14.2. The molecule has 0 saturated heterocycles. The molecular formula is C15H21NO6S. The maximum Gasteiger partial charge on any atom is 0.335 e. The standard InChI is InChI=1S/C15H21NO6S/c1-4-11-7-9-12(10-8-11)23(19,20)16-13(14(17)21-5-2)15(18)22-6-3/h7-10,13,16H,4-6H2,1-3H3. The Morgan fingerprint density at radius 3 is 1.87 bits per heavy atom. The molecule has 128 valence electrons. The minimum absolute atomic E-state index is 0.0155. The molecule has 0 unspecified atom stereocenters. The number of ether oxygens (including phenoxy) is 2. The normalized spacial score (nSPS) is 11.3. The van der Waals surface area contributed by atoms with Crippen LogP contribution in [0.1, 0.15) is 26.3 Å². The Bertz CT molecular complexity index is 620. The summed E-state index contributed by atoms with van der Waals surface area (Å²) in [7, 11) is -4.06. The Balaban J connectivity index is 3.03. The monoisotopic (exact) mass is 343 g/mol. The molecule has 0 aliphatic carbocycles. The van der Waals surface area contributed by atoms with Crippen LogP contribution in [0.4, 0.5) is 0 Å². The fourth-order valence-electron chi connectivity index (χ4n) is 1.77. The molecule has 0 aliphatic rings. The first-order valence-electron chi connectivity index (χ1n) is 7.30. The lowest BCUT2D eigenvalue weighted by Crippen LogP contribution is -2.48. The van der Waals surface area contributed by atoms with Gasteiger partial charge in [-0.3, -0.25) is 0 Å². The topological polar surface area (TPSA) is 98.8 Å². The predicted molar refractivity (Wildman–Crippen MR) is 83.2 cm³/mol. The predicted octanol–water partition coefficient (Wildman–Crippen LogP) is 1.02. The quantitative estimate of drug-likeness (QED) is 0.559. The molecule has 0 fully saturated rings. The van der Waals surface area contributed by atoms with E-state index in [1.165, 1.54) is 12.1 Å². The van der Waals surface area contributed by atoms with Crippen LogP contribution in [0.3, 0.4) is 0 Å². The largest absolute Gasteiger partial charge is 0.464 e. The Morgan fingerprint density at radius 2 is 1.48 bits per heavy atom. The number of hydrogen-bond acceptors (Lipinski definition) is 6. The number of hydrogen-bond donors (Lipinski definition) is 1. The van der Waals surface area contributed by atoms with E-state index in [0.717, 1.165) is 12.0 Å². The van der Waals surface area contributed by atoms with Crippen molar-refractivity contribution < 1.29 is 27.5 Å². The molecule has 0 amide bonds. The van der Waals surface area contributed by atoms with E-state index in [1.54, 1.807) is 26.0 Å². The van der Waals surface area contributed by atoms with Gasteiger partial charge in [0.25, 0.3) is 0 Å². The Labute approximate surface area is 136 Å². The third-order valence-electron chi connectivity index (χ3n) is 2.96. The summed E-state index contributed by atoms with van der Waals surface area (Å²) in [5.74, 6) is -2.00. The van der Waals surface area contributed by atoms with Gasteiger partial charge in [-0.25, -0.2) is 18.0 Å². The van der Waals surface area contributed by atoms with E-state index in [9.17, 15) is 18.0 Å².